The van der Waals surface area contributed by atoms with Gasteiger partial charge in [0.15, 0.2) is 4.80 Å². The van der Waals surface area contributed by atoms with Crippen LogP contribution in [0.15, 0.2) is 92.2 Å². The summed E-state index contributed by atoms with van der Waals surface area (Å²) in [5, 5.41) is 3.50. The Bertz CT molecular complexity index is 1600. The number of carbonyl (C=O) groups is 1. The second kappa shape index (κ2) is 8.93. The van der Waals surface area contributed by atoms with E-state index in [2.05, 4.69) is 10.3 Å². The number of anilines is 1. The molecule has 1 atom stereocenters. The lowest BCUT2D eigenvalue weighted by Crippen LogP contribution is -2.40. The molecule has 1 N–H and O–H groups in total. The lowest BCUT2D eigenvalue weighted by atomic mass is 9.95. The van der Waals surface area contributed by atoms with Gasteiger partial charge < -0.3 is 9.73 Å². The maximum Gasteiger partial charge on any atom is 0.271 e. The lowest BCUT2D eigenvalue weighted by molar-refractivity contribution is -0.113. The van der Waals surface area contributed by atoms with E-state index in [0.29, 0.717) is 37.1 Å². The van der Waals surface area contributed by atoms with E-state index < -0.39 is 6.04 Å². The van der Waals surface area contributed by atoms with Crippen LogP contribution in [0.25, 0.3) is 6.08 Å². The smallest absolute Gasteiger partial charge is 0.271 e. The Morgan fingerprint density at radius 2 is 1.82 bits per heavy atom. The zero-order valence-electron chi connectivity index (χ0n) is 18.4. The molecule has 6 nitrogen and oxygen atoms in total. The Morgan fingerprint density at radius 3 is 2.50 bits per heavy atom. The summed E-state index contributed by atoms with van der Waals surface area (Å²) < 4.78 is 7.68. The molecule has 0 unspecified atom stereocenters. The normalized spacial score (nSPS) is 15.7. The van der Waals surface area contributed by atoms with Gasteiger partial charge in [-0.05, 0) is 55.8 Å². The number of halogens is 1. The van der Waals surface area contributed by atoms with Crippen molar-refractivity contribution >= 4 is 40.6 Å². The van der Waals surface area contributed by atoms with Crippen molar-refractivity contribution in [2.24, 2.45) is 4.99 Å². The molecule has 4 aromatic rings. The van der Waals surface area contributed by atoms with Crippen molar-refractivity contribution < 1.29 is 9.21 Å². The first kappa shape index (κ1) is 22.1. The number of fused-ring (bicyclic) bond motifs is 1. The van der Waals surface area contributed by atoms with Crippen LogP contribution in [-0.4, -0.2) is 10.5 Å². The highest BCUT2D eigenvalue weighted by molar-refractivity contribution is 7.07. The molecular weight excluding hydrogens is 470 g/mol. The van der Waals surface area contributed by atoms with Crippen LogP contribution in [-0.2, 0) is 4.79 Å². The van der Waals surface area contributed by atoms with Crippen LogP contribution in [0.5, 0.6) is 0 Å². The molecule has 0 aliphatic carbocycles. The third-order valence-corrected chi connectivity index (χ3v) is 6.75. The first-order chi connectivity index (χ1) is 16.4. The lowest BCUT2D eigenvalue weighted by Gasteiger charge is -2.25. The third-order valence-electron chi connectivity index (χ3n) is 5.52. The molecule has 1 aliphatic heterocycles. The first-order valence-electron chi connectivity index (χ1n) is 10.6. The molecule has 0 fully saturated rings. The van der Waals surface area contributed by atoms with Crippen LogP contribution in [0.2, 0.25) is 5.02 Å². The monoisotopic (exact) mass is 489 g/mol. The predicted octanol–water partition coefficient (Wildman–Crippen LogP) is 4.43. The standard InChI is InChI=1S/C26H20ClN3O3S/c1-15-8-13-20(33-15)14-21-25(32)30-23(17-9-11-18(27)12-10-17)22(16(2)28-26(30)34-21)24(31)29-19-6-4-3-5-7-19/h3-14,23H,1-2H3,(H,29,31)/b21-14-/t23-/m0/s1. The average Bonchev–Trinajstić information content (AvgIpc) is 3.36. The number of thiazole rings is 1. The Balaban J connectivity index is 1.68. The van der Waals surface area contributed by atoms with E-state index in [9.17, 15) is 9.59 Å². The van der Waals surface area contributed by atoms with Crippen LogP contribution < -0.4 is 20.2 Å². The van der Waals surface area contributed by atoms with Crippen molar-refractivity contribution in [2.45, 2.75) is 19.9 Å². The van der Waals surface area contributed by atoms with Crippen LogP contribution in [0.1, 0.15) is 30.0 Å². The molecule has 170 valence electrons. The minimum atomic E-state index is -0.655. The Labute approximate surface area is 204 Å². The van der Waals surface area contributed by atoms with Crippen molar-refractivity contribution in [3.63, 3.8) is 0 Å². The summed E-state index contributed by atoms with van der Waals surface area (Å²) in [6.07, 6.45) is 1.71. The summed E-state index contributed by atoms with van der Waals surface area (Å²) in [6, 6.07) is 19.3. The molecule has 0 bridgehead atoms. The molecule has 0 saturated heterocycles. The highest BCUT2D eigenvalue weighted by Crippen LogP contribution is 2.31. The van der Waals surface area contributed by atoms with Crippen molar-refractivity contribution in [2.75, 3.05) is 5.32 Å². The Hall–Kier alpha value is -3.68. The number of rotatable bonds is 4. The summed E-state index contributed by atoms with van der Waals surface area (Å²) in [6.45, 7) is 3.64. The second-order valence-corrected chi connectivity index (χ2v) is 9.35. The minimum absolute atomic E-state index is 0.240. The van der Waals surface area contributed by atoms with Crippen molar-refractivity contribution in [3.05, 3.63) is 120 Å². The molecule has 0 saturated carbocycles. The number of aryl methyl sites for hydroxylation is 1. The van der Waals surface area contributed by atoms with Gasteiger partial charge in [0.05, 0.1) is 21.8 Å². The van der Waals surface area contributed by atoms with Crippen molar-refractivity contribution in [3.8, 4) is 0 Å². The summed E-state index contributed by atoms with van der Waals surface area (Å²) in [5.74, 6) is 1.03. The SMILES string of the molecule is CC1=C(C(=O)Nc2ccccc2)[C@H](c2ccc(Cl)cc2)n2c(s/c(=C\c3ccc(C)o3)c2=O)=N1. The molecule has 8 heteroatoms. The third kappa shape index (κ3) is 4.16. The number of amides is 1. The minimum Gasteiger partial charge on any atom is -0.462 e. The number of hydrogen-bond acceptors (Lipinski definition) is 5. The van der Waals surface area contributed by atoms with E-state index in [-0.39, 0.29) is 11.5 Å². The number of nitrogens with zero attached hydrogens (tertiary/aromatic N) is 2. The Morgan fingerprint density at radius 1 is 1.09 bits per heavy atom. The fourth-order valence-corrected chi connectivity index (χ4v) is 5.11. The largest absolute Gasteiger partial charge is 0.462 e. The van der Waals surface area contributed by atoms with E-state index in [1.165, 1.54) is 11.3 Å². The molecule has 1 aliphatic rings. The molecule has 0 spiro atoms. The van der Waals surface area contributed by atoms with Gasteiger partial charge >= 0.3 is 0 Å². The van der Waals surface area contributed by atoms with Gasteiger partial charge in [-0.2, -0.15) is 0 Å². The van der Waals surface area contributed by atoms with Crippen LogP contribution in [0.4, 0.5) is 5.69 Å². The fraction of sp³-hybridized carbons (Fsp3) is 0.115. The maximum atomic E-state index is 13.6. The molecule has 5 rings (SSSR count). The van der Waals surface area contributed by atoms with E-state index in [1.54, 1.807) is 29.7 Å². The van der Waals surface area contributed by atoms with Gasteiger partial charge in [0.2, 0.25) is 0 Å². The molecule has 3 heterocycles. The topological polar surface area (TPSA) is 76.6 Å². The van der Waals surface area contributed by atoms with Gasteiger partial charge in [-0.25, -0.2) is 4.99 Å². The molecular formula is C26H20ClN3O3S. The molecule has 2 aromatic heterocycles. The molecule has 1 amide bonds. The highest BCUT2D eigenvalue weighted by Gasteiger charge is 2.32. The van der Waals surface area contributed by atoms with Crippen LogP contribution in [0.3, 0.4) is 0 Å². The van der Waals surface area contributed by atoms with E-state index in [1.807, 2.05) is 61.5 Å². The van der Waals surface area contributed by atoms with Crippen molar-refractivity contribution in [1.82, 2.24) is 4.57 Å². The van der Waals surface area contributed by atoms with Gasteiger partial charge in [-0.1, -0.05) is 53.3 Å². The zero-order valence-corrected chi connectivity index (χ0v) is 20.0. The van der Waals surface area contributed by atoms with Crippen LogP contribution in [0, 0.1) is 6.92 Å². The second-order valence-electron chi connectivity index (χ2n) is 7.90. The summed E-state index contributed by atoms with van der Waals surface area (Å²) in [7, 11) is 0. The number of aromatic nitrogens is 1. The van der Waals surface area contributed by atoms with E-state index in [0.717, 1.165) is 11.3 Å². The maximum absolute atomic E-state index is 13.6. The quantitative estimate of drug-likeness (QED) is 0.460. The number of carbonyl (C=O) groups excluding carboxylic acids is 1. The number of para-hydroxylation sites is 1. The molecule has 34 heavy (non-hydrogen) atoms. The number of allylic oxidation sites excluding steroid dienone is 1. The number of nitrogens with one attached hydrogen (secondary N) is 1. The summed E-state index contributed by atoms with van der Waals surface area (Å²) in [5.41, 5.74) is 2.14. The summed E-state index contributed by atoms with van der Waals surface area (Å²) in [4.78, 5) is 32.2. The number of benzene rings is 2. The van der Waals surface area contributed by atoms with Gasteiger partial charge in [0, 0.05) is 16.8 Å². The predicted molar refractivity (Wildman–Crippen MR) is 134 cm³/mol. The summed E-state index contributed by atoms with van der Waals surface area (Å²) >= 11 is 7.39. The van der Waals surface area contributed by atoms with Crippen LogP contribution >= 0.6 is 22.9 Å². The van der Waals surface area contributed by atoms with Crippen molar-refractivity contribution in [1.29, 1.82) is 0 Å². The van der Waals surface area contributed by atoms with E-state index >= 15 is 0 Å². The molecule has 0 radical (unpaired) electrons. The number of hydrogen-bond donors (Lipinski definition) is 1. The molecule has 2 aromatic carbocycles. The van der Waals surface area contributed by atoms with E-state index in [4.69, 9.17) is 16.0 Å². The van der Waals surface area contributed by atoms with Gasteiger partial charge in [0.25, 0.3) is 11.5 Å². The Kier molecular flexibility index (Phi) is 5.81. The number of furan rings is 1. The van der Waals surface area contributed by atoms with Gasteiger partial charge in [-0.3, -0.25) is 14.2 Å². The zero-order chi connectivity index (χ0) is 23.8. The van der Waals surface area contributed by atoms with Gasteiger partial charge in [-0.15, -0.1) is 0 Å². The van der Waals surface area contributed by atoms with Gasteiger partial charge in [0.1, 0.15) is 11.5 Å². The first-order valence-corrected chi connectivity index (χ1v) is 11.8. The fourth-order valence-electron chi connectivity index (χ4n) is 3.95. The highest BCUT2D eigenvalue weighted by atomic mass is 35.5. The average molecular weight is 490 g/mol.